The number of esters is 2. The molecule has 40 heavy (non-hydrogen) atoms. The zero-order chi connectivity index (χ0) is 28.9. The summed E-state index contributed by atoms with van der Waals surface area (Å²) in [6, 6.07) is 7.90. The standard InChI is InChI=1S/C25H31FN3O10P/c1-16-22(32)35-14-8-4-7-11-20(31)38-21-18(15-36-40(34,28-16)39-17-9-5-3-6-10-17)37-23(25(21,2)26)29-13-12-19(30)27-24(29)33/h3,5-6,9-10,12-13,16,18,21,23H,4,7-8,11,14-15H2,1-2H3,(H,28,34)(H,27,30,33)/t16-,18+,21+,23+,25+,40-/m0/s1. The summed E-state index contributed by atoms with van der Waals surface area (Å²) < 4.78 is 58.7. The molecule has 2 saturated heterocycles. The monoisotopic (exact) mass is 583 g/mol. The predicted molar refractivity (Wildman–Crippen MR) is 137 cm³/mol. The number of carbonyl (C=O) groups excluding carboxylic acids is 2. The van der Waals surface area contributed by atoms with Crippen molar-refractivity contribution >= 4 is 19.7 Å². The van der Waals surface area contributed by atoms with E-state index < -0.39 is 67.7 Å². The molecule has 1 aromatic heterocycles. The normalized spacial score (nSPS) is 32.5. The van der Waals surface area contributed by atoms with Crippen molar-refractivity contribution in [1.82, 2.24) is 14.6 Å². The van der Waals surface area contributed by atoms with Crippen LogP contribution in [0.2, 0.25) is 0 Å². The minimum atomic E-state index is -4.35. The van der Waals surface area contributed by atoms with Crippen LogP contribution in [0, 0.1) is 0 Å². The van der Waals surface area contributed by atoms with Gasteiger partial charge in [-0.3, -0.25) is 28.5 Å². The predicted octanol–water partition coefficient (Wildman–Crippen LogP) is 2.37. The maximum atomic E-state index is 16.3. The zero-order valence-electron chi connectivity index (χ0n) is 21.9. The van der Waals surface area contributed by atoms with Gasteiger partial charge in [0.25, 0.3) is 5.56 Å². The number of benzene rings is 1. The van der Waals surface area contributed by atoms with Crippen molar-refractivity contribution in [2.45, 2.75) is 69.7 Å². The lowest BCUT2D eigenvalue weighted by atomic mass is 9.98. The van der Waals surface area contributed by atoms with Gasteiger partial charge in [-0.2, -0.15) is 5.09 Å². The Bertz CT molecular complexity index is 1360. The Morgan fingerprint density at radius 3 is 2.58 bits per heavy atom. The molecular formula is C25H31FN3O10P. The summed E-state index contributed by atoms with van der Waals surface area (Å²) in [6.45, 7) is 1.94. The number of cyclic esters (lactones) is 1. The van der Waals surface area contributed by atoms with Gasteiger partial charge in [-0.05, 0) is 45.2 Å². The van der Waals surface area contributed by atoms with E-state index in [-0.39, 0.29) is 18.8 Å². The van der Waals surface area contributed by atoms with Crippen molar-refractivity contribution in [2.24, 2.45) is 0 Å². The Kier molecular flexibility index (Phi) is 9.24. The number of aromatic nitrogens is 2. The highest BCUT2D eigenvalue weighted by Gasteiger charge is 2.58. The smallest absolute Gasteiger partial charge is 0.459 e. The van der Waals surface area contributed by atoms with Gasteiger partial charge in [-0.25, -0.2) is 13.8 Å². The number of aromatic amines is 1. The van der Waals surface area contributed by atoms with Crippen LogP contribution in [-0.4, -0.2) is 58.6 Å². The number of alkyl halides is 1. The van der Waals surface area contributed by atoms with E-state index in [0.717, 1.165) is 23.8 Å². The molecule has 2 fully saturated rings. The first-order valence-electron chi connectivity index (χ1n) is 12.8. The molecule has 0 aliphatic carbocycles. The average Bonchev–Trinajstić information content (AvgIpc) is 3.14. The van der Waals surface area contributed by atoms with Crippen LogP contribution in [0.4, 0.5) is 4.39 Å². The molecule has 0 saturated carbocycles. The van der Waals surface area contributed by atoms with Gasteiger partial charge in [0.15, 0.2) is 18.0 Å². The molecule has 13 nitrogen and oxygen atoms in total. The Hall–Kier alpha value is -3.32. The maximum absolute atomic E-state index is 16.3. The Morgan fingerprint density at radius 2 is 1.85 bits per heavy atom. The average molecular weight is 584 g/mol. The molecule has 1 aromatic carbocycles. The lowest BCUT2D eigenvalue weighted by Crippen LogP contribution is -2.46. The summed E-state index contributed by atoms with van der Waals surface area (Å²) in [5.74, 6) is -1.27. The van der Waals surface area contributed by atoms with E-state index in [9.17, 15) is 23.7 Å². The SMILES string of the molecule is C[C@@H]1N[P@@](=O)(Oc2ccccc2)OC[C@H]2O[C@@H](n3ccc(=O)[nH]c3=O)[C@](C)(F)[C@@H]2OC(=O)CCCCCOC1=O. The highest BCUT2D eigenvalue weighted by atomic mass is 31.2. The van der Waals surface area contributed by atoms with Gasteiger partial charge < -0.3 is 18.7 Å². The van der Waals surface area contributed by atoms with E-state index in [1.54, 1.807) is 18.2 Å². The van der Waals surface area contributed by atoms with Crippen LogP contribution in [0.25, 0.3) is 0 Å². The third-order valence-electron chi connectivity index (χ3n) is 6.40. The second-order valence-corrected chi connectivity index (χ2v) is 11.3. The fraction of sp³-hybridized carbons (Fsp3) is 0.520. The maximum Gasteiger partial charge on any atom is 0.459 e. The molecule has 3 heterocycles. The number of para-hydroxylation sites is 1. The first-order valence-corrected chi connectivity index (χ1v) is 14.3. The molecule has 0 bridgehead atoms. The van der Waals surface area contributed by atoms with Crippen LogP contribution < -0.4 is 20.9 Å². The number of hydrogen-bond acceptors (Lipinski definition) is 10. The molecule has 15 heteroatoms. The van der Waals surface area contributed by atoms with E-state index in [1.807, 2.05) is 4.98 Å². The molecule has 0 unspecified atom stereocenters. The number of nitrogens with one attached hydrogen (secondary N) is 2. The van der Waals surface area contributed by atoms with Gasteiger partial charge >= 0.3 is 25.4 Å². The number of ether oxygens (including phenoxy) is 3. The third kappa shape index (κ3) is 7.05. The van der Waals surface area contributed by atoms with E-state index in [4.69, 9.17) is 23.3 Å². The Morgan fingerprint density at radius 1 is 1.10 bits per heavy atom. The number of hydrogen-bond donors (Lipinski definition) is 2. The number of nitrogens with zero attached hydrogens (tertiary/aromatic N) is 1. The fourth-order valence-electron chi connectivity index (χ4n) is 4.36. The molecule has 218 valence electrons. The van der Waals surface area contributed by atoms with Gasteiger partial charge in [0.05, 0.1) is 13.2 Å². The number of fused-ring (bicyclic) bond motifs is 1. The molecule has 6 atom stereocenters. The van der Waals surface area contributed by atoms with E-state index >= 15 is 4.39 Å². The van der Waals surface area contributed by atoms with Gasteiger partial charge in [-0.15, -0.1) is 0 Å². The van der Waals surface area contributed by atoms with Crippen LogP contribution in [0.3, 0.4) is 0 Å². The Labute approximate surface area is 228 Å². The molecular weight excluding hydrogens is 552 g/mol. The molecule has 0 amide bonds. The summed E-state index contributed by atoms with van der Waals surface area (Å²) in [4.78, 5) is 51.2. The van der Waals surface area contributed by atoms with Crippen molar-refractivity contribution < 1.29 is 41.8 Å². The fourth-order valence-corrected chi connectivity index (χ4v) is 5.86. The van der Waals surface area contributed by atoms with Crippen molar-refractivity contribution in [2.75, 3.05) is 13.2 Å². The van der Waals surface area contributed by atoms with Crippen LogP contribution in [0.5, 0.6) is 5.75 Å². The highest BCUT2D eigenvalue weighted by Crippen LogP contribution is 2.48. The van der Waals surface area contributed by atoms with Crippen molar-refractivity contribution in [3.05, 3.63) is 63.4 Å². The molecule has 0 radical (unpaired) electrons. The number of halogens is 1. The quantitative estimate of drug-likeness (QED) is 0.403. The summed E-state index contributed by atoms with van der Waals surface area (Å²) in [7, 11) is -4.35. The number of rotatable bonds is 3. The third-order valence-corrected chi connectivity index (χ3v) is 8.04. The number of carbonyl (C=O) groups is 2. The van der Waals surface area contributed by atoms with Gasteiger partial charge in [-0.1, -0.05) is 18.2 Å². The molecule has 2 N–H and O–H groups in total. The van der Waals surface area contributed by atoms with Crippen molar-refractivity contribution in [1.29, 1.82) is 0 Å². The van der Waals surface area contributed by atoms with Crippen LogP contribution in [-0.2, 0) is 32.9 Å². The minimum absolute atomic E-state index is 0.0506. The molecule has 2 aliphatic heterocycles. The first kappa shape index (κ1) is 29.7. The van der Waals surface area contributed by atoms with E-state index in [1.165, 1.54) is 19.1 Å². The van der Waals surface area contributed by atoms with Crippen LogP contribution in [0.15, 0.2) is 52.2 Å². The van der Waals surface area contributed by atoms with Gasteiger partial charge in [0, 0.05) is 18.7 Å². The molecule has 2 aromatic rings. The summed E-state index contributed by atoms with van der Waals surface area (Å²) in [5.41, 5.74) is -4.12. The summed E-state index contributed by atoms with van der Waals surface area (Å²) >= 11 is 0. The van der Waals surface area contributed by atoms with E-state index in [2.05, 4.69) is 5.09 Å². The summed E-state index contributed by atoms with van der Waals surface area (Å²) in [6.07, 6.45) is -2.22. The lowest BCUT2D eigenvalue weighted by molar-refractivity contribution is -0.158. The highest BCUT2D eigenvalue weighted by molar-refractivity contribution is 7.52. The number of H-pyrrole nitrogens is 1. The molecule has 2 aliphatic rings. The molecule has 4 rings (SSSR count). The second kappa shape index (κ2) is 12.5. The topological polar surface area (TPSA) is 164 Å². The first-order chi connectivity index (χ1) is 19.0. The van der Waals surface area contributed by atoms with Gasteiger partial charge in [0.2, 0.25) is 0 Å². The van der Waals surface area contributed by atoms with Crippen LogP contribution >= 0.6 is 7.75 Å². The lowest BCUT2D eigenvalue weighted by Gasteiger charge is -2.28. The Balaban J connectivity index is 1.66. The van der Waals surface area contributed by atoms with E-state index in [0.29, 0.717) is 19.3 Å². The largest absolute Gasteiger partial charge is 0.465 e. The van der Waals surface area contributed by atoms with Gasteiger partial charge in [0.1, 0.15) is 17.9 Å². The zero-order valence-corrected chi connectivity index (χ0v) is 22.8. The summed E-state index contributed by atoms with van der Waals surface area (Å²) in [5, 5.41) is 2.53. The van der Waals surface area contributed by atoms with Crippen molar-refractivity contribution in [3.8, 4) is 5.75 Å². The molecule has 0 spiro atoms. The second-order valence-electron chi connectivity index (χ2n) is 9.63. The van der Waals surface area contributed by atoms with Crippen LogP contribution in [0.1, 0.15) is 45.8 Å². The van der Waals surface area contributed by atoms with Crippen molar-refractivity contribution in [3.63, 3.8) is 0 Å². The minimum Gasteiger partial charge on any atom is -0.465 e.